The Balaban J connectivity index is 2.32. The Morgan fingerprint density at radius 3 is 2.61 bits per heavy atom. The third kappa shape index (κ3) is 5.01. The summed E-state index contributed by atoms with van der Waals surface area (Å²) in [6, 6.07) is 6.00. The zero-order valence-corrected chi connectivity index (χ0v) is 11.9. The molecule has 0 heterocycles. The number of carbonyl (C=O) groups is 1. The fourth-order valence-electron chi connectivity index (χ4n) is 2.10. The third-order valence-electron chi connectivity index (χ3n) is 3.17. The van der Waals surface area contributed by atoms with Crippen molar-refractivity contribution in [2.24, 2.45) is 0 Å². The molecule has 0 aromatic heterocycles. The number of aryl methyl sites for hydroxylation is 2. The normalized spacial score (nSPS) is 10.6. The molecule has 0 atom stereocenters. The van der Waals surface area contributed by atoms with Crippen molar-refractivity contribution in [3.63, 3.8) is 0 Å². The molecule has 0 radical (unpaired) electrons. The fraction of sp³-hybridized carbons (Fsp3) is 0.562. The van der Waals surface area contributed by atoms with E-state index in [0.29, 0.717) is 6.54 Å². The SMILES string of the molecule is CCCCCCNCC(=O)c1ccc(C)cc1C. The Kier molecular flexibility index (Phi) is 6.66. The molecular formula is C16H25NO. The molecule has 0 spiro atoms. The van der Waals surface area contributed by atoms with E-state index in [1.807, 2.05) is 26.0 Å². The number of rotatable bonds is 8. The zero-order valence-electron chi connectivity index (χ0n) is 11.9. The maximum Gasteiger partial charge on any atom is 0.176 e. The van der Waals surface area contributed by atoms with Crippen LogP contribution in [-0.4, -0.2) is 18.9 Å². The van der Waals surface area contributed by atoms with E-state index >= 15 is 0 Å². The van der Waals surface area contributed by atoms with Gasteiger partial charge in [-0.25, -0.2) is 0 Å². The van der Waals surface area contributed by atoms with Gasteiger partial charge in [0.25, 0.3) is 0 Å². The summed E-state index contributed by atoms with van der Waals surface area (Å²) >= 11 is 0. The van der Waals surface area contributed by atoms with Gasteiger partial charge in [-0.2, -0.15) is 0 Å². The maximum absolute atomic E-state index is 12.0. The minimum absolute atomic E-state index is 0.197. The Hall–Kier alpha value is -1.15. The number of ketones is 1. The molecular weight excluding hydrogens is 222 g/mol. The number of carbonyl (C=O) groups excluding carboxylic acids is 1. The summed E-state index contributed by atoms with van der Waals surface area (Å²) in [7, 11) is 0. The molecule has 0 saturated heterocycles. The summed E-state index contributed by atoms with van der Waals surface area (Å²) in [5.74, 6) is 0.197. The summed E-state index contributed by atoms with van der Waals surface area (Å²) in [6.07, 6.45) is 4.95. The summed E-state index contributed by atoms with van der Waals surface area (Å²) in [4.78, 5) is 12.0. The standard InChI is InChI=1S/C16H25NO/c1-4-5-6-7-10-17-12-16(18)15-9-8-13(2)11-14(15)3/h8-9,11,17H,4-7,10,12H2,1-3H3. The lowest BCUT2D eigenvalue weighted by Crippen LogP contribution is -2.24. The van der Waals surface area contributed by atoms with Crippen molar-refractivity contribution < 1.29 is 4.79 Å². The molecule has 1 aromatic carbocycles. The van der Waals surface area contributed by atoms with Gasteiger partial charge in [-0.3, -0.25) is 4.79 Å². The van der Waals surface area contributed by atoms with Crippen molar-refractivity contribution in [1.29, 1.82) is 0 Å². The van der Waals surface area contributed by atoms with Gasteiger partial charge >= 0.3 is 0 Å². The highest BCUT2D eigenvalue weighted by Gasteiger charge is 2.07. The Labute approximate surface area is 111 Å². The van der Waals surface area contributed by atoms with E-state index in [1.54, 1.807) is 0 Å². The van der Waals surface area contributed by atoms with Crippen LogP contribution in [0.2, 0.25) is 0 Å². The van der Waals surface area contributed by atoms with Crippen LogP contribution >= 0.6 is 0 Å². The summed E-state index contributed by atoms with van der Waals surface area (Å²) in [6.45, 7) is 7.65. The molecule has 100 valence electrons. The van der Waals surface area contributed by atoms with Gasteiger partial charge in [0.1, 0.15) is 0 Å². The first-order valence-corrected chi connectivity index (χ1v) is 6.96. The lowest BCUT2D eigenvalue weighted by Gasteiger charge is -2.07. The van der Waals surface area contributed by atoms with E-state index < -0.39 is 0 Å². The molecule has 1 N–H and O–H groups in total. The largest absolute Gasteiger partial charge is 0.310 e. The van der Waals surface area contributed by atoms with E-state index in [1.165, 1.54) is 24.8 Å². The maximum atomic E-state index is 12.0. The summed E-state index contributed by atoms with van der Waals surface area (Å²) < 4.78 is 0. The van der Waals surface area contributed by atoms with Crippen LogP contribution in [0.25, 0.3) is 0 Å². The smallest absolute Gasteiger partial charge is 0.176 e. The van der Waals surface area contributed by atoms with Gasteiger partial charge in [-0.15, -0.1) is 0 Å². The van der Waals surface area contributed by atoms with Crippen LogP contribution in [0.1, 0.15) is 54.1 Å². The van der Waals surface area contributed by atoms with Gasteiger partial charge in [0.2, 0.25) is 0 Å². The first-order chi connectivity index (χ1) is 8.65. The Morgan fingerprint density at radius 2 is 1.94 bits per heavy atom. The van der Waals surface area contributed by atoms with Gasteiger partial charge in [0, 0.05) is 5.56 Å². The Morgan fingerprint density at radius 1 is 1.17 bits per heavy atom. The predicted octanol–water partition coefficient (Wildman–Crippen LogP) is 3.66. The average Bonchev–Trinajstić information content (AvgIpc) is 2.33. The van der Waals surface area contributed by atoms with Crippen LogP contribution in [0.3, 0.4) is 0 Å². The minimum Gasteiger partial charge on any atom is -0.310 e. The molecule has 0 unspecified atom stereocenters. The quantitative estimate of drug-likeness (QED) is 0.561. The van der Waals surface area contributed by atoms with Crippen LogP contribution in [0.15, 0.2) is 18.2 Å². The van der Waals surface area contributed by atoms with Gasteiger partial charge < -0.3 is 5.32 Å². The number of hydrogen-bond acceptors (Lipinski definition) is 2. The average molecular weight is 247 g/mol. The minimum atomic E-state index is 0.197. The summed E-state index contributed by atoms with van der Waals surface area (Å²) in [5, 5.41) is 3.23. The third-order valence-corrected chi connectivity index (χ3v) is 3.17. The number of benzene rings is 1. The zero-order chi connectivity index (χ0) is 13.4. The topological polar surface area (TPSA) is 29.1 Å². The second-order valence-electron chi connectivity index (χ2n) is 4.98. The number of hydrogen-bond donors (Lipinski definition) is 1. The molecule has 0 aliphatic heterocycles. The number of unbranched alkanes of at least 4 members (excludes halogenated alkanes) is 3. The van der Waals surface area contributed by atoms with Gasteiger partial charge in [-0.1, -0.05) is 49.9 Å². The van der Waals surface area contributed by atoms with E-state index in [2.05, 4.69) is 18.3 Å². The van der Waals surface area contributed by atoms with E-state index in [-0.39, 0.29) is 5.78 Å². The van der Waals surface area contributed by atoms with Crippen LogP contribution in [0.4, 0.5) is 0 Å². The number of nitrogens with one attached hydrogen (secondary N) is 1. The molecule has 0 amide bonds. The number of Topliss-reactive ketones (excluding diaryl/α,β-unsaturated/α-hetero) is 1. The fourth-order valence-corrected chi connectivity index (χ4v) is 2.10. The molecule has 2 heteroatoms. The molecule has 0 bridgehead atoms. The van der Waals surface area contributed by atoms with Gasteiger partial charge in [-0.05, 0) is 32.4 Å². The van der Waals surface area contributed by atoms with Crippen molar-refractivity contribution in [3.8, 4) is 0 Å². The van der Waals surface area contributed by atoms with Crippen LogP contribution in [0, 0.1) is 13.8 Å². The molecule has 1 rings (SSSR count). The van der Waals surface area contributed by atoms with Crippen molar-refractivity contribution in [3.05, 3.63) is 34.9 Å². The lowest BCUT2D eigenvalue weighted by atomic mass is 10.0. The van der Waals surface area contributed by atoms with E-state index in [0.717, 1.165) is 24.1 Å². The van der Waals surface area contributed by atoms with Crippen molar-refractivity contribution in [2.45, 2.75) is 46.5 Å². The van der Waals surface area contributed by atoms with Crippen molar-refractivity contribution >= 4 is 5.78 Å². The molecule has 2 nitrogen and oxygen atoms in total. The highest BCUT2D eigenvalue weighted by molar-refractivity contribution is 5.98. The molecule has 0 aliphatic carbocycles. The van der Waals surface area contributed by atoms with Crippen LogP contribution in [0.5, 0.6) is 0 Å². The second-order valence-corrected chi connectivity index (χ2v) is 4.98. The molecule has 1 aromatic rings. The van der Waals surface area contributed by atoms with Crippen LogP contribution < -0.4 is 5.32 Å². The van der Waals surface area contributed by atoms with Crippen molar-refractivity contribution in [2.75, 3.05) is 13.1 Å². The molecule has 18 heavy (non-hydrogen) atoms. The van der Waals surface area contributed by atoms with Crippen molar-refractivity contribution in [1.82, 2.24) is 5.32 Å². The first kappa shape index (κ1) is 14.9. The second kappa shape index (κ2) is 8.04. The molecule has 0 saturated carbocycles. The first-order valence-electron chi connectivity index (χ1n) is 6.96. The predicted molar refractivity (Wildman–Crippen MR) is 77.3 cm³/mol. The lowest BCUT2D eigenvalue weighted by molar-refractivity contribution is 0.0990. The monoisotopic (exact) mass is 247 g/mol. The highest BCUT2D eigenvalue weighted by atomic mass is 16.1. The summed E-state index contributed by atoms with van der Waals surface area (Å²) in [5.41, 5.74) is 3.13. The molecule has 0 aliphatic rings. The Bertz CT molecular complexity index is 385. The molecule has 0 fully saturated rings. The van der Waals surface area contributed by atoms with Gasteiger partial charge in [0.15, 0.2) is 5.78 Å². The van der Waals surface area contributed by atoms with E-state index in [4.69, 9.17) is 0 Å². The van der Waals surface area contributed by atoms with E-state index in [9.17, 15) is 4.79 Å². The highest BCUT2D eigenvalue weighted by Crippen LogP contribution is 2.10. The van der Waals surface area contributed by atoms with Crippen LogP contribution in [-0.2, 0) is 0 Å². The van der Waals surface area contributed by atoms with Gasteiger partial charge in [0.05, 0.1) is 6.54 Å².